The summed E-state index contributed by atoms with van der Waals surface area (Å²) in [7, 11) is 0. The Morgan fingerprint density at radius 3 is 2.95 bits per heavy atom. The maximum Gasteiger partial charge on any atom is 0.257 e. The lowest BCUT2D eigenvalue weighted by atomic mass is 9.97. The number of amides is 2. The van der Waals surface area contributed by atoms with Gasteiger partial charge in [0.1, 0.15) is 10.6 Å². The Balaban J connectivity index is 2.31. The van der Waals surface area contributed by atoms with E-state index in [0.29, 0.717) is 30.1 Å². The number of thioether (sulfide) groups is 1. The molecule has 1 aliphatic rings. The van der Waals surface area contributed by atoms with E-state index in [1.807, 2.05) is 20.1 Å². The summed E-state index contributed by atoms with van der Waals surface area (Å²) in [6, 6.07) is 3.53. The molecule has 1 N–H and O–H groups in total. The zero-order valence-electron chi connectivity index (χ0n) is 12.7. The molecule has 2 amide bonds. The van der Waals surface area contributed by atoms with E-state index in [-0.39, 0.29) is 11.8 Å². The molecule has 1 atom stereocenters. The number of pyridine rings is 1. The summed E-state index contributed by atoms with van der Waals surface area (Å²) >= 11 is 1.44. The molecule has 1 saturated heterocycles. The van der Waals surface area contributed by atoms with Crippen LogP contribution in [0.3, 0.4) is 0 Å². The summed E-state index contributed by atoms with van der Waals surface area (Å²) in [5, 5.41) is 3.54. The monoisotopic (exact) mass is 307 g/mol. The maximum atomic E-state index is 12.8. The van der Waals surface area contributed by atoms with Gasteiger partial charge in [-0.15, -0.1) is 11.8 Å². The largest absolute Gasteiger partial charge is 0.354 e. The van der Waals surface area contributed by atoms with Crippen molar-refractivity contribution >= 4 is 23.6 Å². The van der Waals surface area contributed by atoms with Crippen molar-refractivity contribution in [3.05, 3.63) is 23.9 Å². The molecule has 0 aromatic carbocycles. The van der Waals surface area contributed by atoms with Gasteiger partial charge in [-0.25, -0.2) is 4.98 Å². The van der Waals surface area contributed by atoms with Gasteiger partial charge in [0.25, 0.3) is 5.91 Å². The zero-order valence-corrected chi connectivity index (χ0v) is 13.5. The fraction of sp³-hybridized carbons (Fsp3) is 0.533. The first-order valence-corrected chi connectivity index (χ1v) is 8.36. The van der Waals surface area contributed by atoms with Gasteiger partial charge in [0.05, 0.1) is 5.56 Å². The van der Waals surface area contributed by atoms with E-state index in [2.05, 4.69) is 10.3 Å². The van der Waals surface area contributed by atoms with Crippen LogP contribution in [0.15, 0.2) is 23.4 Å². The molecule has 5 nitrogen and oxygen atoms in total. The van der Waals surface area contributed by atoms with Gasteiger partial charge in [0, 0.05) is 19.3 Å². The molecule has 6 heteroatoms. The van der Waals surface area contributed by atoms with Crippen molar-refractivity contribution in [2.45, 2.75) is 37.3 Å². The van der Waals surface area contributed by atoms with Crippen molar-refractivity contribution in [1.82, 2.24) is 15.2 Å². The Kier molecular flexibility index (Phi) is 4.88. The number of likely N-dealkylation sites (tertiary alicyclic amines) is 1. The summed E-state index contributed by atoms with van der Waals surface area (Å²) < 4.78 is 0. The fourth-order valence-electron chi connectivity index (χ4n) is 2.74. The second-order valence-electron chi connectivity index (χ2n) is 5.25. The van der Waals surface area contributed by atoms with Crippen LogP contribution >= 0.6 is 11.8 Å². The predicted octanol–water partition coefficient (Wildman–Crippen LogP) is 1.93. The molecule has 0 saturated carbocycles. The molecule has 2 rings (SSSR count). The van der Waals surface area contributed by atoms with Crippen molar-refractivity contribution in [1.29, 1.82) is 0 Å². The molecule has 1 aromatic heterocycles. The topological polar surface area (TPSA) is 62.3 Å². The summed E-state index contributed by atoms with van der Waals surface area (Å²) in [6.07, 6.45) is 5.11. The first-order valence-electron chi connectivity index (χ1n) is 7.14. The number of aromatic nitrogens is 1. The number of carbonyl (C=O) groups is 2. The van der Waals surface area contributed by atoms with E-state index in [0.717, 1.165) is 6.42 Å². The highest BCUT2D eigenvalue weighted by Gasteiger charge is 2.45. The molecule has 1 aliphatic heterocycles. The Hall–Kier alpha value is -1.56. The average Bonchev–Trinajstić information content (AvgIpc) is 2.90. The highest BCUT2D eigenvalue weighted by atomic mass is 32.2. The molecule has 0 radical (unpaired) electrons. The standard InChI is InChI=1S/C15H21N3O2S/c1-4-16-14(20)15(2)8-6-10-18(15)13(19)11-7-5-9-17-12(11)21-3/h5,7,9H,4,6,8,10H2,1-3H3,(H,16,20). The Labute approximate surface area is 129 Å². The highest BCUT2D eigenvalue weighted by molar-refractivity contribution is 7.98. The SMILES string of the molecule is CCNC(=O)C1(C)CCCN1C(=O)c1cccnc1SC. The average molecular weight is 307 g/mol. The van der Waals surface area contributed by atoms with Crippen LogP contribution in [0.25, 0.3) is 0 Å². The lowest BCUT2D eigenvalue weighted by Crippen LogP contribution is -2.55. The molecule has 2 heterocycles. The van der Waals surface area contributed by atoms with Gasteiger partial charge < -0.3 is 10.2 Å². The fourth-order valence-corrected chi connectivity index (χ4v) is 3.28. The minimum absolute atomic E-state index is 0.0783. The smallest absolute Gasteiger partial charge is 0.257 e. The summed E-state index contributed by atoms with van der Waals surface area (Å²) in [5.41, 5.74) is -0.194. The van der Waals surface area contributed by atoms with Crippen molar-refractivity contribution < 1.29 is 9.59 Å². The van der Waals surface area contributed by atoms with E-state index in [9.17, 15) is 9.59 Å². The van der Waals surface area contributed by atoms with Crippen LogP contribution in [0.5, 0.6) is 0 Å². The molecule has 0 bridgehead atoms. The predicted molar refractivity (Wildman–Crippen MR) is 83.4 cm³/mol. The van der Waals surface area contributed by atoms with Crippen molar-refractivity contribution in [3.8, 4) is 0 Å². The van der Waals surface area contributed by atoms with Crippen molar-refractivity contribution in [2.75, 3.05) is 19.3 Å². The molecule has 21 heavy (non-hydrogen) atoms. The summed E-state index contributed by atoms with van der Waals surface area (Å²) in [4.78, 5) is 31.1. The molecule has 0 spiro atoms. The second-order valence-corrected chi connectivity index (χ2v) is 6.05. The molecular formula is C15H21N3O2S. The van der Waals surface area contributed by atoms with Crippen LogP contribution in [0.1, 0.15) is 37.0 Å². The number of likely N-dealkylation sites (N-methyl/N-ethyl adjacent to an activating group) is 1. The van der Waals surface area contributed by atoms with Gasteiger partial charge in [-0.3, -0.25) is 9.59 Å². The van der Waals surface area contributed by atoms with E-state index >= 15 is 0 Å². The molecule has 1 fully saturated rings. The Morgan fingerprint density at radius 2 is 2.29 bits per heavy atom. The summed E-state index contributed by atoms with van der Waals surface area (Å²) in [6.45, 7) is 4.90. The van der Waals surface area contributed by atoms with Crippen LogP contribution in [-0.2, 0) is 4.79 Å². The third-order valence-electron chi connectivity index (χ3n) is 3.91. The van der Waals surface area contributed by atoms with Crippen molar-refractivity contribution in [3.63, 3.8) is 0 Å². The van der Waals surface area contributed by atoms with Crippen LogP contribution in [-0.4, -0.2) is 46.6 Å². The van der Waals surface area contributed by atoms with E-state index < -0.39 is 5.54 Å². The quantitative estimate of drug-likeness (QED) is 0.864. The Bertz CT molecular complexity index is 549. The molecular weight excluding hydrogens is 286 g/mol. The van der Waals surface area contributed by atoms with Gasteiger partial charge in [-0.1, -0.05) is 0 Å². The van der Waals surface area contributed by atoms with Gasteiger partial charge >= 0.3 is 0 Å². The summed E-state index contributed by atoms with van der Waals surface area (Å²) in [5.74, 6) is -0.191. The second kappa shape index (κ2) is 6.47. The van der Waals surface area contributed by atoms with Gasteiger partial charge in [-0.2, -0.15) is 0 Å². The van der Waals surface area contributed by atoms with Crippen LogP contribution in [0.2, 0.25) is 0 Å². The first kappa shape index (κ1) is 15.8. The first-order chi connectivity index (χ1) is 10.0. The minimum Gasteiger partial charge on any atom is -0.354 e. The van der Waals surface area contributed by atoms with Crippen LogP contribution < -0.4 is 5.32 Å². The number of hydrogen-bond acceptors (Lipinski definition) is 4. The number of carbonyl (C=O) groups excluding carboxylic acids is 2. The van der Waals surface area contributed by atoms with Gasteiger partial charge in [-0.05, 0) is 45.1 Å². The van der Waals surface area contributed by atoms with Crippen molar-refractivity contribution in [2.24, 2.45) is 0 Å². The molecule has 1 aromatic rings. The maximum absolute atomic E-state index is 12.8. The van der Waals surface area contributed by atoms with E-state index in [1.165, 1.54) is 11.8 Å². The minimum atomic E-state index is -0.765. The number of hydrogen-bond donors (Lipinski definition) is 1. The number of nitrogens with one attached hydrogen (secondary N) is 1. The van der Waals surface area contributed by atoms with Gasteiger partial charge in [0.2, 0.25) is 5.91 Å². The van der Waals surface area contributed by atoms with E-state index in [1.54, 1.807) is 23.2 Å². The molecule has 114 valence electrons. The molecule has 0 aliphatic carbocycles. The third kappa shape index (κ3) is 2.90. The molecule has 1 unspecified atom stereocenters. The third-order valence-corrected chi connectivity index (χ3v) is 4.62. The lowest BCUT2D eigenvalue weighted by molar-refractivity contribution is -0.129. The normalized spacial score (nSPS) is 21.4. The lowest BCUT2D eigenvalue weighted by Gasteiger charge is -2.34. The van der Waals surface area contributed by atoms with E-state index in [4.69, 9.17) is 0 Å². The van der Waals surface area contributed by atoms with Gasteiger partial charge in [0.15, 0.2) is 0 Å². The van der Waals surface area contributed by atoms with Crippen LogP contribution in [0, 0.1) is 0 Å². The number of nitrogens with zero attached hydrogens (tertiary/aromatic N) is 2. The Morgan fingerprint density at radius 1 is 1.52 bits per heavy atom. The zero-order chi connectivity index (χ0) is 15.5. The van der Waals surface area contributed by atoms with Crippen LogP contribution in [0.4, 0.5) is 0 Å². The highest BCUT2D eigenvalue weighted by Crippen LogP contribution is 2.32. The number of rotatable bonds is 4.